The molecule has 1 fully saturated rings. The third-order valence-corrected chi connectivity index (χ3v) is 5.39. The van der Waals surface area contributed by atoms with Crippen molar-refractivity contribution in [2.75, 3.05) is 6.54 Å². The minimum Gasteiger partial charge on any atom is -0.320 e. The standard InChI is InChI=1S/C17H28N2OS/c1-5-7-8-14-17(20)19(11-12(3)6-2)16(18-14)15-10-9-13(4)21-15/h9-10,12,14,16,18H,5-8,11H2,1-4H3. The van der Waals surface area contributed by atoms with E-state index in [0.29, 0.717) is 11.8 Å². The van der Waals surface area contributed by atoms with Gasteiger partial charge in [-0.2, -0.15) is 0 Å². The molecule has 3 atom stereocenters. The molecule has 3 nitrogen and oxygen atoms in total. The van der Waals surface area contributed by atoms with Crippen molar-refractivity contribution in [3.63, 3.8) is 0 Å². The highest BCUT2D eigenvalue weighted by molar-refractivity contribution is 7.12. The molecule has 1 aliphatic heterocycles. The quantitative estimate of drug-likeness (QED) is 0.823. The van der Waals surface area contributed by atoms with Gasteiger partial charge in [0, 0.05) is 16.3 Å². The van der Waals surface area contributed by atoms with E-state index in [-0.39, 0.29) is 12.2 Å². The Bertz CT molecular complexity index is 471. The topological polar surface area (TPSA) is 32.3 Å². The van der Waals surface area contributed by atoms with Crippen LogP contribution >= 0.6 is 11.3 Å². The average Bonchev–Trinajstić information content (AvgIpc) is 3.02. The third-order valence-electron chi connectivity index (χ3n) is 4.33. The van der Waals surface area contributed by atoms with E-state index in [9.17, 15) is 4.79 Å². The molecule has 0 aromatic carbocycles. The molecule has 1 saturated heterocycles. The first-order chi connectivity index (χ1) is 10.1. The highest BCUT2D eigenvalue weighted by atomic mass is 32.1. The van der Waals surface area contributed by atoms with Crippen molar-refractivity contribution >= 4 is 17.2 Å². The van der Waals surface area contributed by atoms with Gasteiger partial charge in [-0.25, -0.2) is 0 Å². The van der Waals surface area contributed by atoms with Gasteiger partial charge in [0.2, 0.25) is 5.91 Å². The molecule has 0 saturated carbocycles. The number of nitrogens with zero attached hydrogens (tertiary/aromatic N) is 1. The molecule has 1 N–H and O–H groups in total. The Hall–Kier alpha value is -0.870. The van der Waals surface area contributed by atoms with Gasteiger partial charge in [-0.3, -0.25) is 10.1 Å². The van der Waals surface area contributed by atoms with Crippen LogP contribution in [0, 0.1) is 12.8 Å². The van der Waals surface area contributed by atoms with Gasteiger partial charge < -0.3 is 4.90 Å². The molecule has 0 spiro atoms. The first-order valence-electron chi connectivity index (χ1n) is 8.19. The second-order valence-electron chi connectivity index (χ2n) is 6.22. The van der Waals surface area contributed by atoms with Crippen LogP contribution in [0.15, 0.2) is 12.1 Å². The molecule has 0 radical (unpaired) electrons. The van der Waals surface area contributed by atoms with Crippen molar-refractivity contribution in [3.8, 4) is 0 Å². The molecule has 4 heteroatoms. The average molecular weight is 308 g/mol. The zero-order valence-electron chi connectivity index (χ0n) is 13.7. The van der Waals surface area contributed by atoms with Crippen molar-refractivity contribution in [3.05, 3.63) is 21.9 Å². The summed E-state index contributed by atoms with van der Waals surface area (Å²) in [7, 11) is 0. The zero-order valence-corrected chi connectivity index (χ0v) is 14.5. The summed E-state index contributed by atoms with van der Waals surface area (Å²) in [6.07, 6.45) is 4.38. The first kappa shape index (κ1) is 16.5. The summed E-state index contributed by atoms with van der Waals surface area (Å²) in [5.74, 6) is 0.837. The number of unbranched alkanes of at least 4 members (excludes halogenated alkanes) is 1. The van der Waals surface area contributed by atoms with Crippen molar-refractivity contribution in [2.45, 2.75) is 65.6 Å². The SMILES string of the molecule is CCCCC1NC(c2ccc(C)s2)N(CC(C)CC)C1=O. The predicted molar refractivity (Wildman–Crippen MR) is 89.4 cm³/mol. The Morgan fingerprint density at radius 2 is 2.14 bits per heavy atom. The van der Waals surface area contributed by atoms with Crippen molar-refractivity contribution in [1.82, 2.24) is 10.2 Å². The van der Waals surface area contributed by atoms with Gasteiger partial charge in [-0.05, 0) is 31.4 Å². The molecule has 1 amide bonds. The lowest BCUT2D eigenvalue weighted by atomic mass is 10.1. The fourth-order valence-corrected chi connectivity index (χ4v) is 3.74. The Kier molecular flexibility index (Phi) is 5.82. The number of thiophene rings is 1. The maximum absolute atomic E-state index is 12.7. The van der Waals surface area contributed by atoms with E-state index in [1.165, 1.54) is 9.75 Å². The minimum atomic E-state index is 0.00131. The monoisotopic (exact) mass is 308 g/mol. The molecule has 21 heavy (non-hydrogen) atoms. The van der Waals surface area contributed by atoms with Crippen LogP contribution in [0.3, 0.4) is 0 Å². The number of amides is 1. The lowest BCUT2D eigenvalue weighted by molar-refractivity contribution is -0.130. The number of rotatable bonds is 7. The molecule has 0 aliphatic carbocycles. The predicted octanol–water partition coefficient (Wildman–Crippen LogP) is 4.09. The second-order valence-corrected chi connectivity index (χ2v) is 7.54. The van der Waals surface area contributed by atoms with E-state index >= 15 is 0 Å². The minimum absolute atomic E-state index is 0.00131. The number of hydrogen-bond donors (Lipinski definition) is 1. The van der Waals surface area contributed by atoms with E-state index in [4.69, 9.17) is 0 Å². The normalized spacial score (nSPS) is 23.8. The second kappa shape index (κ2) is 7.41. The van der Waals surface area contributed by atoms with Gasteiger partial charge >= 0.3 is 0 Å². The van der Waals surface area contributed by atoms with E-state index < -0.39 is 0 Å². The fraction of sp³-hybridized carbons (Fsp3) is 0.706. The summed E-state index contributed by atoms with van der Waals surface area (Å²) in [4.78, 5) is 17.4. The van der Waals surface area contributed by atoms with Crippen LogP contribution in [0.1, 0.15) is 62.4 Å². The number of hydrogen-bond acceptors (Lipinski definition) is 3. The largest absolute Gasteiger partial charge is 0.320 e. The zero-order chi connectivity index (χ0) is 15.4. The third kappa shape index (κ3) is 3.86. The van der Waals surface area contributed by atoms with Crippen LogP contribution in [0.2, 0.25) is 0 Å². The molecule has 2 rings (SSSR count). The summed E-state index contributed by atoms with van der Waals surface area (Å²) >= 11 is 1.79. The highest BCUT2D eigenvalue weighted by Gasteiger charge is 2.39. The lowest BCUT2D eigenvalue weighted by Crippen LogP contribution is -2.34. The Morgan fingerprint density at radius 3 is 2.71 bits per heavy atom. The van der Waals surface area contributed by atoms with Crippen molar-refractivity contribution in [1.29, 1.82) is 0 Å². The molecule has 2 heterocycles. The lowest BCUT2D eigenvalue weighted by Gasteiger charge is -2.26. The van der Waals surface area contributed by atoms with Crippen LogP contribution in [0.4, 0.5) is 0 Å². The molecule has 1 aliphatic rings. The number of carbonyl (C=O) groups excluding carboxylic acids is 1. The van der Waals surface area contributed by atoms with Crippen LogP contribution in [-0.4, -0.2) is 23.4 Å². The van der Waals surface area contributed by atoms with Gasteiger partial charge in [0.05, 0.1) is 6.04 Å². The summed E-state index contributed by atoms with van der Waals surface area (Å²) in [5, 5.41) is 3.57. The van der Waals surface area contributed by atoms with E-state index in [1.54, 1.807) is 11.3 Å². The molecular formula is C17H28N2OS. The number of carbonyl (C=O) groups is 1. The van der Waals surface area contributed by atoms with Crippen molar-refractivity contribution < 1.29 is 4.79 Å². The molecule has 118 valence electrons. The highest BCUT2D eigenvalue weighted by Crippen LogP contribution is 2.32. The van der Waals surface area contributed by atoms with E-state index in [0.717, 1.165) is 32.2 Å². The summed E-state index contributed by atoms with van der Waals surface area (Å²) < 4.78 is 0. The Labute approximate surface area is 132 Å². The van der Waals surface area contributed by atoms with Crippen molar-refractivity contribution in [2.24, 2.45) is 5.92 Å². The summed E-state index contributed by atoms with van der Waals surface area (Å²) in [6, 6.07) is 4.31. The molecule has 3 unspecified atom stereocenters. The molecule has 1 aromatic rings. The first-order valence-corrected chi connectivity index (χ1v) is 9.01. The van der Waals surface area contributed by atoms with Crippen LogP contribution in [0.25, 0.3) is 0 Å². The van der Waals surface area contributed by atoms with Crippen LogP contribution in [0.5, 0.6) is 0 Å². The molecule has 0 bridgehead atoms. The van der Waals surface area contributed by atoms with Crippen LogP contribution < -0.4 is 5.32 Å². The maximum atomic E-state index is 12.7. The summed E-state index contributed by atoms with van der Waals surface area (Å²) in [6.45, 7) is 9.57. The molecular weight excluding hydrogens is 280 g/mol. The Morgan fingerprint density at radius 1 is 1.38 bits per heavy atom. The van der Waals surface area contributed by atoms with Gasteiger partial charge in [0.15, 0.2) is 0 Å². The van der Waals surface area contributed by atoms with E-state index in [2.05, 4.69) is 50.0 Å². The van der Waals surface area contributed by atoms with Gasteiger partial charge in [0.25, 0.3) is 0 Å². The van der Waals surface area contributed by atoms with Gasteiger partial charge in [-0.1, -0.05) is 40.0 Å². The molecule has 1 aromatic heterocycles. The fourth-order valence-electron chi connectivity index (χ4n) is 2.79. The van der Waals surface area contributed by atoms with Crippen LogP contribution in [-0.2, 0) is 4.79 Å². The number of nitrogens with one attached hydrogen (secondary N) is 1. The Balaban J connectivity index is 2.16. The van der Waals surface area contributed by atoms with Gasteiger partial charge in [0.1, 0.15) is 6.17 Å². The van der Waals surface area contributed by atoms with E-state index in [1.807, 2.05) is 0 Å². The summed E-state index contributed by atoms with van der Waals surface area (Å²) in [5.41, 5.74) is 0. The number of aryl methyl sites for hydroxylation is 1. The smallest absolute Gasteiger partial charge is 0.241 e. The maximum Gasteiger partial charge on any atom is 0.241 e. The van der Waals surface area contributed by atoms with Gasteiger partial charge in [-0.15, -0.1) is 11.3 Å².